The second-order valence-corrected chi connectivity index (χ2v) is 7.39. The van der Waals surface area contributed by atoms with Crippen molar-refractivity contribution in [2.24, 2.45) is 0 Å². The smallest absolute Gasteiger partial charge is 0.341 e. The average molecular weight is 442 g/mol. The molecule has 2 aromatic carbocycles. The summed E-state index contributed by atoms with van der Waals surface area (Å²) in [6.07, 6.45) is 3.59. The number of amides is 2. The minimum absolute atomic E-state index is 0.245. The molecule has 0 spiro atoms. The molecule has 2 N–H and O–H groups in total. The molecule has 0 aliphatic heterocycles. The molecule has 4 rings (SSSR count). The van der Waals surface area contributed by atoms with E-state index in [-0.39, 0.29) is 17.6 Å². The Hall–Kier alpha value is -3.52. The Bertz CT molecular complexity index is 1160. The van der Waals surface area contributed by atoms with Gasteiger partial charge < -0.3 is 24.8 Å². The molecule has 1 saturated carbocycles. The van der Waals surface area contributed by atoms with Gasteiger partial charge in [-0.25, -0.2) is 9.59 Å². The van der Waals surface area contributed by atoms with Crippen molar-refractivity contribution in [3.8, 4) is 17.2 Å². The molecule has 31 heavy (non-hydrogen) atoms. The van der Waals surface area contributed by atoms with E-state index in [1.54, 1.807) is 42.6 Å². The first-order valence-corrected chi connectivity index (χ1v) is 9.96. The number of esters is 1. The topological polar surface area (TPSA) is 98.8 Å². The van der Waals surface area contributed by atoms with E-state index in [0.29, 0.717) is 38.9 Å². The van der Waals surface area contributed by atoms with Gasteiger partial charge in [-0.15, -0.1) is 0 Å². The zero-order chi connectivity index (χ0) is 22.0. The van der Waals surface area contributed by atoms with Gasteiger partial charge in [-0.05, 0) is 37.1 Å². The van der Waals surface area contributed by atoms with Gasteiger partial charge in [-0.2, -0.15) is 0 Å². The molecule has 0 saturated heterocycles. The Morgan fingerprint density at radius 3 is 2.58 bits per heavy atom. The number of fused-ring (bicyclic) bond motifs is 1. The van der Waals surface area contributed by atoms with E-state index in [9.17, 15) is 9.59 Å². The quantitative estimate of drug-likeness (QED) is 0.535. The maximum atomic E-state index is 12.1. The van der Waals surface area contributed by atoms with Crippen molar-refractivity contribution < 1.29 is 23.8 Å². The van der Waals surface area contributed by atoms with Crippen molar-refractivity contribution in [1.29, 1.82) is 0 Å². The first-order chi connectivity index (χ1) is 15.0. The van der Waals surface area contributed by atoms with E-state index in [1.807, 2.05) is 0 Å². The van der Waals surface area contributed by atoms with Crippen molar-refractivity contribution in [3.63, 3.8) is 0 Å². The molecule has 1 fully saturated rings. The molecule has 1 aliphatic carbocycles. The largest absolute Gasteiger partial charge is 0.496 e. The number of aromatic nitrogens is 1. The maximum Gasteiger partial charge on any atom is 0.341 e. The van der Waals surface area contributed by atoms with E-state index in [1.165, 1.54) is 14.2 Å². The van der Waals surface area contributed by atoms with Crippen LogP contribution < -0.4 is 20.1 Å². The van der Waals surface area contributed by atoms with Crippen molar-refractivity contribution in [3.05, 3.63) is 53.2 Å². The molecule has 1 aliphatic rings. The average Bonchev–Trinajstić information content (AvgIpc) is 3.58. The van der Waals surface area contributed by atoms with Gasteiger partial charge in [0.2, 0.25) is 0 Å². The summed E-state index contributed by atoms with van der Waals surface area (Å²) in [5, 5.41) is 6.50. The molecular weight excluding hydrogens is 422 g/mol. The number of nitrogens with zero attached hydrogens (tertiary/aromatic N) is 1. The Balaban J connectivity index is 1.61. The van der Waals surface area contributed by atoms with Gasteiger partial charge >= 0.3 is 12.0 Å². The number of pyridine rings is 1. The fourth-order valence-corrected chi connectivity index (χ4v) is 3.25. The molecule has 160 valence electrons. The van der Waals surface area contributed by atoms with Crippen molar-refractivity contribution in [1.82, 2.24) is 10.3 Å². The highest BCUT2D eigenvalue weighted by molar-refractivity contribution is 6.33. The standard InChI is InChI=1S/C22H20ClN3O5/c1-29-20-11-18-14(10-15(20)21(27)30-2)19(7-8-24-18)31-13-5-6-17(16(23)9-13)26-22(28)25-12-3-4-12/h5-12H,3-4H2,1-2H3,(H2,25,26,28). The Morgan fingerprint density at radius 2 is 1.90 bits per heavy atom. The van der Waals surface area contributed by atoms with Gasteiger partial charge in [0.25, 0.3) is 0 Å². The third kappa shape index (κ3) is 4.64. The second kappa shape index (κ2) is 8.69. The van der Waals surface area contributed by atoms with E-state index in [4.69, 9.17) is 25.8 Å². The van der Waals surface area contributed by atoms with Crippen LogP contribution in [0.2, 0.25) is 5.02 Å². The highest BCUT2D eigenvalue weighted by Crippen LogP contribution is 2.35. The molecule has 9 heteroatoms. The van der Waals surface area contributed by atoms with Crippen molar-refractivity contribution in [2.75, 3.05) is 19.5 Å². The lowest BCUT2D eigenvalue weighted by molar-refractivity contribution is 0.0597. The molecule has 0 unspecified atom stereocenters. The molecule has 1 heterocycles. The van der Waals surface area contributed by atoms with Crippen LogP contribution in [-0.4, -0.2) is 37.2 Å². The third-order valence-corrected chi connectivity index (χ3v) is 5.07. The first-order valence-electron chi connectivity index (χ1n) is 9.58. The van der Waals surface area contributed by atoms with Crippen LogP contribution in [0.25, 0.3) is 10.9 Å². The monoisotopic (exact) mass is 441 g/mol. The minimum atomic E-state index is -0.531. The van der Waals surface area contributed by atoms with Crippen LogP contribution in [0.3, 0.4) is 0 Å². The lowest BCUT2D eigenvalue weighted by Crippen LogP contribution is -2.30. The number of carbonyl (C=O) groups excluding carboxylic acids is 2. The number of halogens is 1. The molecule has 0 radical (unpaired) electrons. The summed E-state index contributed by atoms with van der Waals surface area (Å²) in [5.74, 6) is 0.755. The number of methoxy groups -OCH3 is 2. The van der Waals surface area contributed by atoms with Crippen molar-refractivity contribution >= 4 is 40.2 Å². The molecule has 0 bridgehead atoms. The molecule has 1 aromatic heterocycles. The number of urea groups is 1. The zero-order valence-electron chi connectivity index (χ0n) is 16.9. The van der Waals surface area contributed by atoms with Crippen molar-refractivity contribution in [2.45, 2.75) is 18.9 Å². The van der Waals surface area contributed by atoms with Gasteiger partial charge in [0.05, 0.1) is 30.4 Å². The van der Waals surface area contributed by atoms with E-state index >= 15 is 0 Å². The Morgan fingerprint density at radius 1 is 1.10 bits per heavy atom. The summed E-state index contributed by atoms with van der Waals surface area (Å²) in [6.45, 7) is 0. The fourth-order valence-electron chi connectivity index (χ4n) is 3.03. The fraction of sp³-hybridized carbons (Fsp3) is 0.227. The lowest BCUT2D eigenvalue weighted by atomic mass is 10.1. The number of anilines is 1. The molecular formula is C22H20ClN3O5. The van der Waals surface area contributed by atoms with Gasteiger partial charge in [-0.1, -0.05) is 11.6 Å². The Kier molecular flexibility index (Phi) is 5.81. The van der Waals surface area contributed by atoms with Crippen LogP contribution in [0.4, 0.5) is 10.5 Å². The van der Waals surface area contributed by atoms with Gasteiger partial charge in [0.1, 0.15) is 22.8 Å². The minimum Gasteiger partial charge on any atom is -0.496 e. The molecule has 3 aromatic rings. The Labute approximate surface area is 183 Å². The van der Waals surface area contributed by atoms with Crippen LogP contribution >= 0.6 is 11.6 Å². The van der Waals surface area contributed by atoms with Gasteiger partial charge in [-0.3, -0.25) is 4.98 Å². The molecule has 2 amide bonds. The zero-order valence-corrected chi connectivity index (χ0v) is 17.7. The summed E-state index contributed by atoms with van der Waals surface area (Å²) in [7, 11) is 2.77. The van der Waals surface area contributed by atoms with E-state index in [2.05, 4.69) is 15.6 Å². The van der Waals surface area contributed by atoms with Crippen LogP contribution in [0.5, 0.6) is 17.2 Å². The highest BCUT2D eigenvalue weighted by Gasteiger charge is 2.23. The van der Waals surface area contributed by atoms with E-state index in [0.717, 1.165) is 12.8 Å². The number of nitrogens with one attached hydrogen (secondary N) is 2. The van der Waals surface area contributed by atoms with Crippen LogP contribution in [0, 0.1) is 0 Å². The number of ether oxygens (including phenoxy) is 3. The second-order valence-electron chi connectivity index (χ2n) is 6.99. The first kappa shape index (κ1) is 20.7. The SMILES string of the molecule is COC(=O)c1cc2c(Oc3ccc(NC(=O)NC4CC4)c(Cl)c3)ccnc2cc1OC. The predicted molar refractivity (Wildman–Crippen MR) is 116 cm³/mol. The van der Waals surface area contributed by atoms with Crippen LogP contribution in [0.15, 0.2) is 42.6 Å². The number of hydrogen-bond donors (Lipinski definition) is 2. The lowest BCUT2D eigenvalue weighted by Gasteiger charge is -2.13. The summed E-state index contributed by atoms with van der Waals surface area (Å²) < 4.78 is 16.1. The maximum absolute atomic E-state index is 12.1. The van der Waals surface area contributed by atoms with Gasteiger partial charge in [0, 0.05) is 29.8 Å². The summed E-state index contributed by atoms with van der Waals surface area (Å²) in [5.41, 5.74) is 1.32. The van der Waals surface area contributed by atoms with E-state index < -0.39 is 5.97 Å². The number of rotatable bonds is 6. The molecule has 8 nitrogen and oxygen atoms in total. The summed E-state index contributed by atoms with van der Waals surface area (Å²) >= 11 is 6.32. The summed E-state index contributed by atoms with van der Waals surface area (Å²) in [4.78, 5) is 28.4. The normalized spacial score (nSPS) is 12.9. The third-order valence-electron chi connectivity index (χ3n) is 4.76. The van der Waals surface area contributed by atoms with Crippen LogP contribution in [-0.2, 0) is 4.74 Å². The van der Waals surface area contributed by atoms with Gasteiger partial charge in [0.15, 0.2) is 0 Å². The number of carbonyl (C=O) groups is 2. The molecule has 0 atom stereocenters. The highest BCUT2D eigenvalue weighted by atomic mass is 35.5. The predicted octanol–water partition coefficient (Wildman–Crippen LogP) is 4.76. The van der Waals surface area contributed by atoms with Crippen LogP contribution in [0.1, 0.15) is 23.2 Å². The number of benzene rings is 2. The number of hydrogen-bond acceptors (Lipinski definition) is 6. The summed E-state index contributed by atoms with van der Waals surface area (Å²) in [6, 6.07) is 9.85.